The van der Waals surface area contributed by atoms with Crippen LogP contribution in [0, 0.1) is 0 Å². The Bertz CT molecular complexity index is 593. The van der Waals surface area contributed by atoms with Crippen LogP contribution in [0.3, 0.4) is 0 Å². The van der Waals surface area contributed by atoms with Gasteiger partial charge in [-0.25, -0.2) is 9.78 Å². The summed E-state index contributed by atoms with van der Waals surface area (Å²) >= 11 is 8.14. The molecule has 0 aliphatic carbocycles. The number of aromatic nitrogens is 1. The monoisotopic (exact) mass is 302 g/mol. The maximum atomic E-state index is 11.7. The summed E-state index contributed by atoms with van der Waals surface area (Å²) in [6, 6.07) is 3.57. The number of carbonyl (C=O) groups excluding carboxylic acids is 1. The maximum absolute atomic E-state index is 11.7. The first-order valence-corrected chi connectivity index (χ1v) is 6.85. The van der Waals surface area contributed by atoms with E-state index in [1.54, 1.807) is 6.07 Å². The highest BCUT2D eigenvalue weighted by atomic mass is 35.5. The van der Waals surface area contributed by atoms with E-state index in [1.165, 1.54) is 16.7 Å². The Kier molecular flexibility index (Phi) is 3.95. The molecule has 0 radical (unpaired) electrons. The van der Waals surface area contributed by atoms with E-state index in [0.29, 0.717) is 10.9 Å². The van der Waals surface area contributed by atoms with Crippen LogP contribution < -0.4 is 5.32 Å². The van der Waals surface area contributed by atoms with Gasteiger partial charge < -0.3 is 10.4 Å². The van der Waals surface area contributed by atoms with Crippen molar-refractivity contribution in [2.24, 2.45) is 0 Å². The molecule has 0 saturated heterocycles. The standard InChI is InChI=1S/C10H7ClN2O3S2/c11-7-2-1-5(18-7)3-12-8(14)9-13-6(4-17-9)10(15)16/h1-2,4H,3H2,(H,12,14)(H,15,16). The molecular formula is C10H7ClN2O3S2. The normalized spacial score (nSPS) is 10.3. The third kappa shape index (κ3) is 3.06. The van der Waals surface area contributed by atoms with Crippen LogP contribution in [0.2, 0.25) is 4.34 Å². The molecule has 5 nitrogen and oxygen atoms in total. The fourth-order valence-electron chi connectivity index (χ4n) is 1.17. The lowest BCUT2D eigenvalue weighted by molar-refractivity contribution is 0.0691. The van der Waals surface area contributed by atoms with Crippen molar-refractivity contribution in [3.05, 3.63) is 37.4 Å². The number of carbonyl (C=O) groups is 2. The van der Waals surface area contributed by atoms with E-state index < -0.39 is 11.9 Å². The molecule has 8 heteroatoms. The van der Waals surface area contributed by atoms with Gasteiger partial charge >= 0.3 is 5.97 Å². The molecule has 2 aromatic heterocycles. The van der Waals surface area contributed by atoms with Crippen molar-refractivity contribution in [1.82, 2.24) is 10.3 Å². The van der Waals surface area contributed by atoms with Gasteiger partial charge in [0, 0.05) is 10.3 Å². The number of carboxylic acid groups (broad SMARTS) is 1. The summed E-state index contributed by atoms with van der Waals surface area (Å²) in [6.45, 7) is 0.345. The van der Waals surface area contributed by atoms with Gasteiger partial charge in [0.05, 0.1) is 10.9 Å². The van der Waals surface area contributed by atoms with E-state index in [9.17, 15) is 9.59 Å². The number of thiazole rings is 1. The molecule has 2 N–H and O–H groups in total. The maximum Gasteiger partial charge on any atom is 0.355 e. The number of hydrogen-bond acceptors (Lipinski definition) is 5. The molecule has 2 aromatic rings. The zero-order valence-electron chi connectivity index (χ0n) is 8.84. The van der Waals surface area contributed by atoms with Crippen LogP contribution in [0.25, 0.3) is 0 Å². The molecule has 0 aliphatic heterocycles. The van der Waals surface area contributed by atoms with Gasteiger partial charge in [0.25, 0.3) is 5.91 Å². The van der Waals surface area contributed by atoms with Crippen molar-refractivity contribution in [1.29, 1.82) is 0 Å². The van der Waals surface area contributed by atoms with Gasteiger partial charge in [-0.05, 0) is 12.1 Å². The molecule has 0 fully saturated rings. The van der Waals surface area contributed by atoms with Gasteiger partial charge in [-0.15, -0.1) is 22.7 Å². The molecule has 0 atom stereocenters. The van der Waals surface area contributed by atoms with E-state index in [-0.39, 0.29) is 10.7 Å². The topological polar surface area (TPSA) is 79.3 Å². The Labute approximate surface area is 115 Å². The van der Waals surface area contributed by atoms with Crippen LogP contribution in [-0.2, 0) is 6.54 Å². The highest BCUT2D eigenvalue weighted by Gasteiger charge is 2.14. The second kappa shape index (κ2) is 5.47. The minimum atomic E-state index is -1.14. The summed E-state index contributed by atoms with van der Waals surface area (Å²) in [4.78, 5) is 26.9. The molecule has 0 saturated carbocycles. The van der Waals surface area contributed by atoms with E-state index in [0.717, 1.165) is 16.2 Å². The van der Waals surface area contributed by atoms with Crippen LogP contribution in [-0.4, -0.2) is 22.0 Å². The molecule has 0 unspecified atom stereocenters. The third-order valence-electron chi connectivity index (χ3n) is 1.97. The molecule has 18 heavy (non-hydrogen) atoms. The summed E-state index contributed by atoms with van der Waals surface area (Å²) < 4.78 is 0.654. The second-order valence-electron chi connectivity index (χ2n) is 3.23. The molecule has 0 aromatic carbocycles. The molecule has 0 aliphatic rings. The van der Waals surface area contributed by atoms with Crippen LogP contribution in [0.5, 0.6) is 0 Å². The molecule has 0 spiro atoms. The Morgan fingerprint density at radius 3 is 2.78 bits per heavy atom. The molecule has 2 rings (SSSR count). The lowest BCUT2D eigenvalue weighted by Crippen LogP contribution is -2.22. The zero-order valence-corrected chi connectivity index (χ0v) is 11.2. The van der Waals surface area contributed by atoms with Gasteiger partial charge in [0.1, 0.15) is 0 Å². The summed E-state index contributed by atoms with van der Waals surface area (Å²) in [5.41, 5.74) is -0.121. The highest BCUT2D eigenvalue weighted by Crippen LogP contribution is 2.21. The summed E-state index contributed by atoms with van der Waals surface area (Å²) in [5.74, 6) is -1.53. The average molecular weight is 303 g/mol. The number of hydrogen-bond donors (Lipinski definition) is 2. The van der Waals surface area contributed by atoms with Crippen molar-refractivity contribution >= 4 is 46.2 Å². The molecule has 2 heterocycles. The van der Waals surface area contributed by atoms with Crippen LogP contribution in [0.4, 0.5) is 0 Å². The average Bonchev–Trinajstić information content (AvgIpc) is 2.94. The van der Waals surface area contributed by atoms with Crippen molar-refractivity contribution in [2.75, 3.05) is 0 Å². The number of amides is 1. The molecule has 94 valence electrons. The SMILES string of the molecule is O=C(O)c1csc(C(=O)NCc2ccc(Cl)s2)n1. The Hall–Kier alpha value is -1.44. The number of aromatic carboxylic acids is 1. The van der Waals surface area contributed by atoms with Gasteiger partial charge in [0.15, 0.2) is 10.7 Å². The lowest BCUT2D eigenvalue weighted by atomic mass is 10.4. The fourth-order valence-corrected chi connectivity index (χ4v) is 2.90. The third-order valence-corrected chi connectivity index (χ3v) is 4.04. The number of thiophene rings is 1. The van der Waals surface area contributed by atoms with Gasteiger partial charge in [-0.1, -0.05) is 11.6 Å². The van der Waals surface area contributed by atoms with E-state index in [2.05, 4.69) is 10.3 Å². The van der Waals surface area contributed by atoms with Gasteiger partial charge in [-0.3, -0.25) is 4.79 Å². The number of rotatable bonds is 4. The lowest BCUT2D eigenvalue weighted by Gasteiger charge is -1.99. The number of nitrogens with one attached hydrogen (secondary N) is 1. The largest absolute Gasteiger partial charge is 0.476 e. The Morgan fingerprint density at radius 2 is 2.22 bits per heavy atom. The Morgan fingerprint density at radius 1 is 1.44 bits per heavy atom. The summed E-state index contributed by atoms with van der Waals surface area (Å²) in [6.07, 6.45) is 0. The number of carboxylic acids is 1. The van der Waals surface area contributed by atoms with Crippen LogP contribution in [0.1, 0.15) is 25.2 Å². The first-order chi connectivity index (χ1) is 8.56. The fraction of sp³-hybridized carbons (Fsp3) is 0.100. The quantitative estimate of drug-likeness (QED) is 0.909. The van der Waals surface area contributed by atoms with Crippen molar-refractivity contribution in [3.8, 4) is 0 Å². The van der Waals surface area contributed by atoms with E-state index >= 15 is 0 Å². The predicted molar refractivity (Wildman–Crippen MR) is 69.6 cm³/mol. The zero-order chi connectivity index (χ0) is 13.1. The molecule has 0 bridgehead atoms. The predicted octanol–water partition coefficient (Wildman–Crippen LogP) is 2.49. The first kappa shape index (κ1) is 13.0. The number of nitrogens with zero attached hydrogens (tertiary/aromatic N) is 1. The van der Waals surface area contributed by atoms with Gasteiger partial charge in [0.2, 0.25) is 0 Å². The van der Waals surface area contributed by atoms with Gasteiger partial charge in [-0.2, -0.15) is 0 Å². The second-order valence-corrected chi connectivity index (χ2v) is 5.89. The summed E-state index contributed by atoms with van der Waals surface area (Å²) in [5, 5.41) is 12.8. The van der Waals surface area contributed by atoms with Crippen molar-refractivity contribution in [3.63, 3.8) is 0 Å². The summed E-state index contributed by atoms with van der Waals surface area (Å²) in [7, 11) is 0. The van der Waals surface area contributed by atoms with E-state index in [4.69, 9.17) is 16.7 Å². The highest BCUT2D eigenvalue weighted by molar-refractivity contribution is 7.16. The smallest absolute Gasteiger partial charge is 0.355 e. The van der Waals surface area contributed by atoms with E-state index in [1.807, 2.05) is 6.07 Å². The Balaban J connectivity index is 1.97. The minimum Gasteiger partial charge on any atom is -0.476 e. The van der Waals surface area contributed by atoms with Crippen molar-refractivity contribution in [2.45, 2.75) is 6.54 Å². The van der Waals surface area contributed by atoms with Crippen LogP contribution in [0.15, 0.2) is 17.5 Å². The minimum absolute atomic E-state index is 0.121. The first-order valence-electron chi connectivity index (χ1n) is 4.77. The van der Waals surface area contributed by atoms with Crippen LogP contribution >= 0.6 is 34.3 Å². The molecule has 1 amide bonds. The molecular weight excluding hydrogens is 296 g/mol. The van der Waals surface area contributed by atoms with Crippen molar-refractivity contribution < 1.29 is 14.7 Å². The number of halogens is 1.